The number of para-hydroxylation sites is 1. The first kappa shape index (κ1) is 13.3. The number of nitrogens with one attached hydrogen (secondary N) is 1. The van der Waals surface area contributed by atoms with Crippen LogP contribution in [0.3, 0.4) is 0 Å². The summed E-state index contributed by atoms with van der Waals surface area (Å²) in [6.45, 7) is 7.20. The molecule has 4 heteroatoms. The van der Waals surface area contributed by atoms with E-state index in [0.29, 0.717) is 5.41 Å². The van der Waals surface area contributed by atoms with Crippen molar-refractivity contribution in [3.05, 3.63) is 24.3 Å². The molecule has 2 aromatic rings. The minimum Gasteiger partial charge on any atom is -0.253 e. The summed E-state index contributed by atoms with van der Waals surface area (Å²) in [4.78, 5) is 4.60. The third kappa shape index (κ3) is 1.78. The standard InChI is InChI=1S/C17H21N3S/c1-16(2)11-8-9-17(16,3)14(10-11)19-20-15-18-12-6-4-5-7-13(12)21-15/h4-7,11H,8-10H2,1-3H3,(H,18,20)/b19-14-/t11-,17+/m0/s1. The second kappa shape index (κ2) is 4.29. The summed E-state index contributed by atoms with van der Waals surface area (Å²) in [5.74, 6) is 0.790. The van der Waals surface area contributed by atoms with E-state index in [1.54, 1.807) is 11.3 Å². The molecule has 0 unspecified atom stereocenters. The molecule has 3 nitrogen and oxygen atoms in total. The van der Waals surface area contributed by atoms with Gasteiger partial charge >= 0.3 is 0 Å². The fraction of sp³-hybridized carbons (Fsp3) is 0.529. The van der Waals surface area contributed by atoms with E-state index in [1.165, 1.54) is 23.3 Å². The smallest absolute Gasteiger partial charge is 0.204 e. The molecule has 2 bridgehead atoms. The Hall–Kier alpha value is -1.42. The van der Waals surface area contributed by atoms with Gasteiger partial charge in [0.1, 0.15) is 0 Å². The molecule has 110 valence electrons. The van der Waals surface area contributed by atoms with Crippen LogP contribution in [-0.4, -0.2) is 10.7 Å². The molecule has 21 heavy (non-hydrogen) atoms. The number of rotatable bonds is 2. The monoisotopic (exact) mass is 299 g/mol. The van der Waals surface area contributed by atoms with E-state index in [1.807, 2.05) is 12.1 Å². The summed E-state index contributed by atoms with van der Waals surface area (Å²) < 4.78 is 1.21. The van der Waals surface area contributed by atoms with Crippen molar-refractivity contribution in [3.8, 4) is 0 Å². The number of aromatic nitrogens is 1. The molecule has 0 radical (unpaired) electrons. The van der Waals surface area contributed by atoms with Gasteiger partial charge in [-0.1, -0.05) is 44.2 Å². The summed E-state index contributed by atoms with van der Waals surface area (Å²) in [5, 5.41) is 5.65. The second-order valence-electron chi connectivity index (χ2n) is 7.15. The maximum atomic E-state index is 4.75. The highest BCUT2D eigenvalue weighted by atomic mass is 32.1. The molecule has 1 aromatic carbocycles. The largest absolute Gasteiger partial charge is 0.253 e. The molecule has 2 aliphatic carbocycles. The molecule has 4 rings (SSSR count). The number of hydrogen-bond donors (Lipinski definition) is 1. The van der Waals surface area contributed by atoms with Crippen molar-refractivity contribution in [1.82, 2.24) is 4.98 Å². The Balaban J connectivity index is 1.62. The van der Waals surface area contributed by atoms with Gasteiger partial charge < -0.3 is 0 Å². The van der Waals surface area contributed by atoms with Crippen molar-refractivity contribution in [1.29, 1.82) is 0 Å². The average molecular weight is 299 g/mol. The number of fused-ring (bicyclic) bond motifs is 3. The summed E-state index contributed by atoms with van der Waals surface area (Å²) in [6.07, 6.45) is 3.76. The Morgan fingerprint density at radius 1 is 1.29 bits per heavy atom. The Morgan fingerprint density at radius 3 is 2.76 bits per heavy atom. The molecule has 0 saturated heterocycles. The molecule has 2 fully saturated rings. The highest BCUT2D eigenvalue weighted by molar-refractivity contribution is 7.22. The summed E-state index contributed by atoms with van der Waals surface area (Å²) in [6, 6.07) is 8.23. The predicted octanol–water partition coefficient (Wildman–Crippen LogP) is 4.91. The van der Waals surface area contributed by atoms with Crippen molar-refractivity contribution in [2.75, 3.05) is 5.43 Å². The van der Waals surface area contributed by atoms with Gasteiger partial charge in [-0.25, -0.2) is 4.98 Å². The third-order valence-electron chi connectivity index (χ3n) is 6.09. The summed E-state index contributed by atoms with van der Waals surface area (Å²) >= 11 is 1.67. The highest BCUT2D eigenvalue weighted by Crippen LogP contribution is 2.63. The quantitative estimate of drug-likeness (QED) is 0.800. The zero-order valence-corrected chi connectivity index (χ0v) is 13.6. The van der Waals surface area contributed by atoms with Gasteiger partial charge in [0.05, 0.1) is 10.2 Å². The number of hydrazone groups is 1. The predicted molar refractivity (Wildman–Crippen MR) is 89.9 cm³/mol. The van der Waals surface area contributed by atoms with Crippen molar-refractivity contribution in [3.63, 3.8) is 0 Å². The van der Waals surface area contributed by atoms with Crippen LogP contribution in [0.25, 0.3) is 10.2 Å². The van der Waals surface area contributed by atoms with E-state index in [0.717, 1.165) is 23.0 Å². The molecule has 2 saturated carbocycles. The Labute approximate surface area is 129 Å². The topological polar surface area (TPSA) is 37.3 Å². The van der Waals surface area contributed by atoms with E-state index in [-0.39, 0.29) is 5.41 Å². The molecule has 1 heterocycles. The van der Waals surface area contributed by atoms with Gasteiger partial charge in [0.15, 0.2) is 0 Å². The molecule has 0 amide bonds. The Kier molecular flexibility index (Phi) is 2.71. The van der Waals surface area contributed by atoms with Gasteiger partial charge in [-0.3, -0.25) is 5.43 Å². The van der Waals surface area contributed by atoms with Crippen molar-refractivity contribution in [2.45, 2.75) is 40.0 Å². The van der Waals surface area contributed by atoms with Crippen LogP contribution in [0, 0.1) is 16.7 Å². The third-order valence-corrected chi connectivity index (χ3v) is 7.03. The fourth-order valence-electron chi connectivity index (χ4n) is 4.13. The van der Waals surface area contributed by atoms with Crippen LogP contribution in [0.2, 0.25) is 0 Å². The number of benzene rings is 1. The van der Waals surface area contributed by atoms with E-state index < -0.39 is 0 Å². The first-order valence-corrected chi connectivity index (χ1v) is 8.51. The van der Waals surface area contributed by atoms with E-state index in [9.17, 15) is 0 Å². The van der Waals surface area contributed by atoms with Crippen LogP contribution in [0.4, 0.5) is 5.13 Å². The molecule has 2 atom stereocenters. The van der Waals surface area contributed by atoms with Crippen molar-refractivity contribution < 1.29 is 0 Å². The van der Waals surface area contributed by atoms with Gasteiger partial charge in [-0.2, -0.15) is 5.10 Å². The fourth-order valence-corrected chi connectivity index (χ4v) is 4.94. The van der Waals surface area contributed by atoms with Gasteiger partial charge in [-0.05, 0) is 42.7 Å². The summed E-state index contributed by atoms with van der Waals surface area (Å²) in [7, 11) is 0. The molecule has 2 aliphatic rings. The maximum Gasteiger partial charge on any atom is 0.204 e. The molecule has 0 aliphatic heterocycles. The van der Waals surface area contributed by atoms with E-state index >= 15 is 0 Å². The zero-order chi connectivity index (χ0) is 14.7. The lowest BCUT2D eigenvalue weighted by Gasteiger charge is -2.34. The number of anilines is 1. The van der Waals surface area contributed by atoms with Crippen LogP contribution in [0.1, 0.15) is 40.0 Å². The lowest BCUT2D eigenvalue weighted by Crippen LogP contribution is -2.32. The van der Waals surface area contributed by atoms with Gasteiger partial charge in [0, 0.05) is 11.1 Å². The van der Waals surface area contributed by atoms with Crippen LogP contribution in [0.5, 0.6) is 0 Å². The molecular formula is C17H21N3S. The lowest BCUT2D eigenvalue weighted by molar-refractivity contribution is 0.194. The van der Waals surface area contributed by atoms with Crippen molar-refractivity contribution in [2.24, 2.45) is 21.8 Å². The average Bonchev–Trinajstić information content (AvgIpc) is 3.02. The minimum absolute atomic E-state index is 0.251. The minimum atomic E-state index is 0.251. The second-order valence-corrected chi connectivity index (χ2v) is 8.18. The maximum absolute atomic E-state index is 4.75. The number of nitrogens with zero attached hydrogens (tertiary/aromatic N) is 2. The van der Waals surface area contributed by atoms with Crippen LogP contribution >= 0.6 is 11.3 Å². The Bertz CT molecular complexity index is 697. The molecule has 0 spiro atoms. The van der Waals surface area contributed by atoms with Gasteiger partial charge in [0.25, 0.3) is 0 Å². The first-order valence-electron chi connectivity index (χ1n) is 7.69. The normalized spacial score (nSPS) is 32.1. The van der Waals surface area contributed by atoms with Gasteiger partial charge in [-0.15, -0.1) is 0 Å². The zero-order valence-electron chi connectivity index (χ0n) is 12.8. The molecular weight excluding hydrogens is 278 g/mol. The highest BCUT2D eigenvalue weighted by Gasteiger charge is 2.59. The van der Waals surface area contributed by atoms with Crippen LogP contribution in [0.15, 0.2) is 29.4 Å². The van der Waals surface area contributed by atoms with E-state index in [2.05, 4.69) is 43.3 Å². The molecule has 1 N–H and O–H groups in total. The van der Waals surface area contributed by atoms with Gasteiger partial charge in [0.2, 0.25) is 5.13 Å². The number of thiazole rings is 1. The molecule has 1 aromatic heterocycles. The van der Waals surface area contributed by atoms with Crippen molar-refractivity contribution >= 4 is 32.4 Å². The summed E-state index contributed by atoms with van der Waals surface area (Å²) in [5.41, 5.74) is 6.23. The van der Waals surface area contributed by atoms with Crippen LogP contribution in [-0.2, 0) is 0 Å². The first-order chi connectivity index (χ1) is 10.0. The van der Waals surface area contributed by atoms with E-state index in [4.69, 9.17) is 5.10 Å². The van der Waals surface area contributed by atoms with Crippen LogP contribution < -0.4 is 5.43 Å². The number of hydrogen-bond acceptors (Lipinski definition) is 4. The SMILES string of the molecule is CC1(C)[C@H]2CC[C@]1(C)/C(=N\Nc1nc3ccccc3s1)C2. The lowest BCUT2D eigenvalue weighted by atomic mass is 9.70. The Morgan fingerprint density at radius 2 is 2.10 bits per heavy atom.